The fourth-order valence-electron chi connectivity index (χ4n) is 3.09. The van der Waals surface area contributed by atoms with Crippen molar-refractivity contribution in [2.45, 2.75) is 38.3 Å². The summed E-state index contributed by atoms with van der Waals surface area (Å²) in [5.74, 6) is 1.81. The van der Waals surface area contributed by atoms with Crippen LogP contribution in [-0.4, -0.2) is 60.3 Å². The van der Waals surface area contributed by atoms with Gasteiger partial charge in [0.05, 0.1) is 11.5 Å². The van der Waals surface area contributed by atoms with Gasteiger partial charge in [0.15, 0.2) is 9.84 Å². The van der Waals surface area contributed by atoms with Gasteiger partial charge in [-0.25, -0.2) is 8.42 Å². The molecule has 3 unspecified atom stereocenters. The fourth-order valence-corrected chi connectivity index (χ4v) is 4.84. The van der Waals surface area contributed by atoms with Crippen LogP contribution in [0.2, 0.25) is 0 Å². The van der Waals surface area contributed by atoms with Crippen molar-refractivity contribution in [2.75, 3.05) is 29.5 Å². The Morgan fingerprint density at radius 1 is 1.25 bits per heavy atom. The molecule has 0 aliphatic carbocycles. The standard InChI is InChI=1S/C12H21N5O2S/c1-8-5-17(6-9(2)13-8)12-14-11(15-16-12)10-3-4-20(18,19)7-10/h8-10,13H,3-7H2,1-2H3,(H,14,15,16). The number of rotatable bonds is 2. The first-order valence-electron chi connectivity index (χ1n) is 7.06. The zero-order valence-electron chi connectivity index (χ0n) is 11.8. The number of aromatic nitrogens is 3. The molecular formula is C12H21N5O2S. The van der Waals surface area contributed by atoms with Crippen molar-refractivity contribution in [1.29, 1.82) is 0 Å². The molecule has 2 saturated heterocycles. The average molecular weight is 299 g/mol. The van der Waals surface area contributed by atoms with E-state index in [1.165, 1.54) is 0 Å². The number of nitrogens with zero attached hydrogens (tertiary/aromatic N) is 3. The van der Waals surface area contributed by atoms with Gasteiger partial charge in [0.1, 0.15) is 5.82 Å². The number of sulfone groups is 1. The Morgan fingerprint density at radius 3 is 2.55 bits per heavy atom. The molecular weight excluding hydrogens is 278 g/mol. The minimum Gasteiger partial charge on any atom is -0.336 e. The third-order valence-electron chi connectivity index (χ3n) is 3.95. The quantitative estimate of drug-likeness (QED) is 0.792. The second kappa shape index (κ2) is 5.00. The Morgan fingerprint density at radius 2 is 1.95 bits per heavy atom. The van der Waals surface area contributed by atoms with Crippen LogP contribution in [0.15, 0.2) is 0 Å². The number of anilines is 1. The number of H-pyrrole nitrogens is 1. The summed E-state index contributed by atoms with van der Waals surface area (Å²) in [5.41, 5.74) is 0. The summed E-state index contributed by atoms with van der Waals surface area (Å²) in [6.45, 7) is 6.01. The third-order valence-corrected chi connectivity index (χ3v) is 5.72. The van der Waals surface area contributed by atoms with Crippen LogP contribution in [0, 0.1) is 0 Å². The number of piperazine rings is 1. The van der Waals surface area contributed by atoms with Crippen LogP contribution < -0.4 is 10.2 Å². The minimum absolute atomic E-state index is 0.0287. The first kappa shape index (κ1) is 13.8. The van der Waals surface area contributed by atoms with Crippen molar-refractivity contribution in [1.82, 2.24) is 20.5 Å². The number of aromatic amines is 1. The molecule has 0 radical (unpaired) electrons. The van der Waals surface area contributed by atoms with E-state index in [-0.39, 0.29) is 17.4 Å². The highest BCUT2D eigenvalue weighted by Crippen LogP contribution is 2.27. The van der Waals surface area contributed by atoms with Crippen molar-refractivity contribution in [3.05, 3.63) is 5.82 Å². The van der Waals surface area contributed by atoms with Gasteiger partial charge >= 0.3 is 0 Å². The summed E-state index contributed by atoms with van der Waals surface area (Å²) in [6.07, 6.45) is 0.644. The van der Waals surface area contributed by atoms with Gasteiger partial charge in [-0.05, 0) is 20.3 Å². The zero-order valence-corrected chi connectivity index (χ0v) is 12.7. The van der Waals surface area contributed by atoms with E-state index < -0.39 is 9.84 Å². The maximum Gasteiger partial charge on any atom is 0.244 e. The maximum atomic E-state index is 11.5. The van der Waals surface area contributed by atoms with Gasteiger partial charge in [-0.3, -0.25) is 5.10 Å². The maximum absolute atomic E-state index is 11.5. The Kier molecular flexibility index (Phi) is 3.45. The van der Waals surface area contributed by atoms with Crippen LogP contribution in [-0.2, 0) is 9.84 Å². The average Bonchev–Trinajstić information content (AvgIpc) is 2.94. The first-order chi connectivity index (χ1) is 9.43. The lowest BCUT2D eigenvalue weighted by Crippen LogP contribution is -2.54. The van der Waals surface area contributed by atoms with E-state index in [9.17, 15) is 8.42 Å². The van der Waals surface area contributed by atoms with Crippen LogP contribution in [0.4, 0.5) is 5.95 Å². The second-order valence-corrected chi connectivity index (χ2v) is 8.22. The second-order valence-electron chi connectivity index (χ2n) is 5.99. The molecule has 0 aromatic carbocycles. The normalized spacial score (nSPS) is 33.5. The van der Waals surface area contributed by atoms with E-state index in [0.29, 0.717) is 30.3 Å². The highest BCUT2D eigenvalue weighted by molar-refractivity contribution is 7.91. The summed E-state index contributed by atoms with van der Waals surface area (Å²) in [6, 6.07) is 0.792. The van der Waals surface area contributed by atoms with Crippen LogP contribution in [0.3, 0.4) is 0 Å². The summed E-state index contributed by atoms with van der Waals surface area (Å²) in [5, 5.41) is 10.7. The molecule has 0 spiro atoms. The number of hydrogen-bond donors (Lipinski definition) is 2. The molecule has 1 aromatic heterocycles. The molecule has 20 heavy (non-hydrogen) atoms. The van der Waals surface area contributed by atoms with E-state index in [4.69, 9.17) is 0 Å². The van der Waals surface area contributed by atoms with Crippen molar-refractivity contribution < 1.29 is 8.42 Å². The molecule has 2 N–H and O–H groups in total. The highest BCUT2D eigenvalue weighted by atomic mass is 32.2. The van der Waals surface area contributed by atoms with E-state index in [2.05, 4.69) is 39.2 Å². The molecule has 3 rings (SSSR count). The summed E-state index contributed by atoms with van der Waals surface area (Å²) in [7, 11) is -2.89. The van der Waals surface area contributed by atoms with Gasteiger partial charge in [0.25, 0.3) is 0 Å². The Balaban J connectivity index is 1.74. The van der Waals surface area contributed by atoms with E-state index >= 15 is 0 Å². The van der Waals surface area contributed by atoms with Gasteiger partial charge in [-0.15, -0.1) is 5.10 Å². The molecule has 0 bridgehead atoms. The largest absolute Gasteiger partial charge is 0.336 e. The highest BCUT2D eigenvalue weighted by Gasteiger charge is 2.32. The SMILES string of the molecule is CC1CN(c2n[nH]c(C3CCS(=O)(=O)C3)n2)CC(C)N1. The van der Waals surface area contributed by atoms with Gasteiger partial charge in [-0.1, -0.05) is 0 Å². The fraction of sp³-hybridized carbons (Fsp3) is 0.833. The van der Waals surface area contributed by atoms with Gasteiger partial charge in [0.2, 0.25) is 5.95 Å². The summed E-state index contributed by atoms with van der Waals surface area (Å²) < 4.78 is 23.1. The molecule has 112 valence electrons. The van der Waals surface area contributed by atoms with Gasteiger partial charge < -0.3 is 10.2 Å². The first-order valence-corrected chi connectivity index (χ1v) is 8.89. The van der Waals surface area contributed by atoms with Crippen molar-refractivity contribution >= 4 is 15.8 Å². The van der Waals surface area contributed by atoms with Crippen LogP contribution in [0.5, 0.6) is 0 Å². The monoisotopic (exact) mass is 299 g/mol. The molecule has 1 aromatic rings. The van der Waals surface area contributed by atoms with Crippen LogP contribution in [0.25, 0.3) is 0 Å². The van der Waals surface area contributed by atoms with Crippen molar-refractivity contribution in [2.24, 2.45) is 0 Å². The Bertz CT molecular complexity index is 574. The van der Waals surface area contributed by atoms with E-state index in [1.807, 2.05) is 0 Å². The topological polar surface area (TPSA) is 91.0 Å². The predicted molar refractivity (Wildman–Crippen MR) is 76.7 cm³/mol. The molecule has 8 heteroatoms. The van der Waals surface area contributed by atoms with Crippen LogP contribution in [0.1, 0.15) is 32.0 Å². The molecule has 2 fully saturated rings. The van der Waals surface area contributed by atoms with Crippen LogP contribution >= 0.6 is 0 Å². The molecule has 0 amide bonds. The summed E-state index contributed by atoms with van der Waals surface area (Å²) >= 11 is 0. The smallest absolute Gasteiger partial charge is 0.244 e. The molecule has 0 saturated carbocycles. The number of nitrogens with one attached hydrogen (secondary N) is 2. The lowest BCUT2D eigenvalue weighted by Gasteiger charge is -2.35. The lowest BCUT2D eigenvalue weighted by atomic mass is 10.1. The Hall–Kier alpha value is -1.15. The Labute approximate surface area is 119 Å². The van der Waals surface area contributed by atoms with Crippen molar-refractivity contribution in [3.63, 3.8) is 0 Å². The van der Waals surface area contributed by atoms with Gasteiger partial charge in [-0.2, -0.15) is 4.98 Å². The predicted octanol–water partition coefficient (Wildman–Crippen LogP) is -0.107. The molecule has 2 aliphatic heterocycles. The molecule has 2 aliphatic rings. The van der Waals surface area contributed by atoms with E-state index in [1.54, 1.807) is 0 Å². The van der Waals surface area contributed by atoms with Crippen molar-refractivity contribution in [3.8, 4) is 0 Å². The molecule has 7 nitrogen and oxygen atoms in total. The minimum atomic E-state index is -2.89. The third kappa shape index (κ3) is 2.80. The molecule has 3 heterocycles. The number of hydrogen-bond acceptors (Lipinski definition) is 6. The van der Waals surface area contributed by atoms with Gasteiger partial charge in [0, 0.05) is 31.1 Å². The molecule has 3 atom stereocenters. The summed E-state index contributed by atoms with van der Waals surface area (Å²) in [4.78, 5) is 6.67. The lowest BCUT2D eigenvalue weighted by molar-refractivity contribution is 0.403. The van der Waals surface area contributed by atoms with E-state index in [0.717, 1.165) is 13.1 Å². The zero-order chi connectivity index (χ0) is 14.3.